The first-order chi connectivity index (χ1) is 5.77. The Bertz CT molecular complexity index is 438. The molecule has 2 rings (SSSR count). The topological polar surface area (TPSA) is 56.0 Å². The monoisotopic (exact) mass is 228 g/mol. The minimum absolute atomic E-state index is 0.129. The van der Waals surface area contributed by atoms with Gasteiger partial charge in [0.05, 0.1) is 0 Å². The predicted octanol–water partition coefficient (Wildman–Crippen LogP) is 1.20. The Labute approximate surface area is 74.0 Å². The Morgan fingerprint density at radius 3 is 3.08 bits per heavy atom. The molecule has 0 unspecified atom stereocenters. The van der Waals surface area contributed by atoms with Crippen LogP contribution in [-0.4, -0.2) is 23.6 Å². The van der Waals surface area contributed by atoms with Crippen LogP contribution in [0, 0.1) is 10.1 Å². The van der Waals surface area contributed by atoms with Crippen LogP contribution in [0.2, 0.25) is 0 Å². The summed E-state index contributed by atoms with van der Waals surface area (Å²) in [4.78, 5) is 9.98. The molecule has 5 heteroatoms. The molecule has 1 aromatic carbocycles. The Hall–Kier alpha value is -1.19. The zero-order chi connectivity index (χ0) is 8.55. The molecule has 0 radical (unpaired) electrons. The molecule has 2 aromatic rings. The van der Waals surface area contributed by atoms with Gasteiger partial charge < -0.3 is 0 Å². The van der Waals surface area contributed by atoms with E-state index in [1.807, 2.05) is 0 Å². The third kappa shape index (κ3) is 1.13. The average Bonchev–Trinajstić information content (AvgIpc) is 2.49. The van der Waals surface area contributed by atoms with Crippen molar-refractivity contribution in [3.63, 3.8) is 0 Å². The van der Waals surface area contributed by atoms with Gasteiger partial charge in [-0.2, -0.15) is 0 Å². The van der Waals surface area contributed by atoms with Gasteiger partial charge in [-0.1, -0.05) is 0 Å². The third-order valence-electron chi connectivity index (χ3n) is 1.55. The Balaban J connectivity index is 2.68. The van der Waals surface area contributed by atoms with Gasteiger partial charge in [-0.15, -0.1) is 0 Å². The molecule has 0 bridgehead atoms. The molecule has 0 aliphatic carbocycles. The number of hydrogen-bond acceptors (Lipinski definition) is 3. The first-order valence-electron chi connectivity index (χ1n) is 3.26. The molecule has 0 spiro atoms. The van der Waals surface area contributed by atoms with Crippen molar-refractivity contribution in [3.8, 4) is 0 Å². The first-order valence-corrected chi connectivity index (χ1v) is 4.88. The summed E-state index contributed by atoms with van der Waals surface area (Å²) < 4.78 is 5.19. The summed E-state index contributed by atoms with van der Waals surface area (Å²) in [5.41, 5.74) is 0.137. The van der Waals surface area contributed by atoms with Gasteiger partial charge in [0, 0.05) is 0 Å². The fraction of sp³-hybridized carbons (Fsp3) is 0. The third-order valence-corrected chi connectivity index (χ3v) is 3.18. The van der Waals surface area contributed by atoms with Gasteiger partial charge in [0.15, 0.2) is 0 Å². The minimum atomic E-state index is -0.389. The van der Waals surface area contributed by atoms with E-state index in [9.17, 15) is 10.1 Å². The predicted molar refractivity (Wildman–Crippen MR) is 45.3 cm³/mol. The van der Waals surface area contributed by atoms with Crippen molar-refractivity contribution in [2.45, 2.75) is 0 Å². The van der Waals surface area contributed by atoms with E-state index in [0.29, 0.717) is 0 Å². The number of nitro benzene ring substituents is 1. The van der Waals surface area contributed by atoms with Crippen molar-refractivity contribution in [3.05, 3.63) is 34.5 Å². The van der Waals surface area contributed by atoms with E-state index in [1.54, 1.807) is 18.3 Å². The van der Waals surface area contributed by atoms with Crippen molar-refractivity contribution in [1.29, 1.82) is 0 Å². The number of aromatic nitrogens is 1. The van der Waals surface area contributed by atoms with Gasteiger partial charge in [-0.05, 0) is 0 Å². The number of fused-ring (bicyclic) bond motifs is 1. The molecule has 0 fully saturated rings. The van der Waals surface area contributed by atoms with E-state index in [-0.39, 0.29) is 25.3 Å². The van der Waals surface area contributed by atoms with Crippen molar-refractivity contribution in [1.82, 2.24) is 3.98 Å². The Kier molecular flexibility index (Phi) is 1.67. The summed E-state index contributed by atoms with van der Waals surface area (Å²) in [7, 11) is 0. The zero-order valence-electron chi connectivity index (χ0n) is 5.93. The van der Waals surface area contributed by atoms with Crippen LogP contribution in [0.3, 0.4) is 0 Å². The number of rotatable bonds is 1. The van der Waals surface area contributed by atoms with Crippen molar-refractivity contribution < 1.29 is 4.92 Å². The molecular weight excluding hydrogens is 223 g/mol. The summed E-state index contributed by atoms with van der Waals surface area (Å²) >= 11 is 0.129. The fourth-order valence-corrected chi connectivity index (χ4v) is 2.29. The van der Waals surface area contributed by atoms with Gasteiger partial charge in [0.1, 0.15) is 0 Å². The van der Waals surface area contributed by atoms with Gasteiger partial charge >= 0.3 is 73.5 Å². The molecule has 60 valence electrons. The summed E-state index contributed by atoms with van der Waals surface area (Å²) in [6.45, 7) is 0. The summed E-state index contributed by atoms with van der Waals surface area (Å²) in [6, 6.07) is 4.86. The zero-order valence-corrected chi connectivity index (χ0v) is 7.64. The fourth-order valence-electron chi connectivity index (χ4n) is 0.973. The maximum absolute atomic E-state index is 10.4. The van der Waals surface area contributed by atoms with E-state index in [1.165, 1.54) is 6.07 Å². The number of nitrogens with zero attached hydrogens (tertiary/aromatic N) is 2. The SMILES string of the molecule is O=[N+]([O-])c1ccc2[se]ncc2c1. The molecule has 12 heavy (non-hydrogen) atoms. The molecule has 0 amide bonds. The number of hydrogen-bond donors (Lipinski definition) is 0. The molecule has 0 saturated carbocycles. The molecule has 0 aliphatic heterocycles. The first kappa shape index (κ1) is 7.46. The van der Waals surface area contributed by atoms with E-state index >= 15 is 0 Å². The molecule has 0 aliphatic rings. The van der Waals surface area contributed by atoms with Gasteiger partial charge in [-0.25, -0.2) is 0 Å². The number of benzene rings is 1. The van der Waals surface area contributed by atoms with Crippen LogP contribution in [0.15, 0.2) is 24.4 Å². The van der Waals surface area contributed by atoms with Gasteiger partial charge in [-0.3, -0.25) is 0 Å². The second-order valence-electron chi connectivity index (χ2n) is 2.31. The summed E-state index contributed by atoms with van der Waals surface area (Å²) in [6.07, 6.45) is 1.70. The normalized spacial score (nSPS) is 10.3. The second kappa shape index (κ2) is 2.69. The Morgan fingerprint density at radius 1 is 1.50 bits per heavy atom. The van der Waals surface area contributed by atoms with Gasteiger partial charge in [0.25, 0.3) is 0 Å². The molecule has 1 aromatic heterocycles. The van der Waals surface area contributed by atoms with Crippen LogP contribution in [0.25, 0.3) is 9.65 Å². The molecule has 0 N–H and O–H groups in total. The van der Waals surface area contributed by atoms with Crippen molar-refractivity contribution in [2.75, 3.05) is 0 Å². The summed E-state index contributed by atoms with van der Waals surface area (Å²) in [5.74, 6) is 0. The molecule has 1 heterocycles. The van der Waals surface area contributed by atoms with Crippen molar-refractivity contribution in [2.24, 2.45) is 0 Å². The van der Waals surface area contributed by atoms with Crippen LogP contribution in [0.4, 0.5) is 5.69 Å². The molecule has 0 saturated heterocycles. The molecule has 0 atom stereocenters. The van der Waals surface area contributed by atoms with Crippen LogP contribution in [0.5, 0.6) is 0 Å². The van der Waals surface area contributed by atoms with Gasteiger partial charge in [0.2, 0.25) is 0 Å². The number of nitro groups is 1. The summed E-state index contributed by atoms with van der Waals surface area (Å²) in [5, 5.41) is 11.3. The molecular formula is C7H4N2O2Se. The Morgan fingerprint density at radius 2 is 2.33 bits per heavy atom. The van der Waals surface area contributed by atoms with Crippen LogP contribution in [-0.2, 0) is 0 Å². The van der Waals surface area contributed by atoms with Crippen molar-refractivity contribution >= 4 is 30.1 Å². The standard InChI is InChI=1S/C7H4N2O2Se/c10-9(11)6-1-2-7-5(3-6)4-8-12-7/h1-4H. The van der Waals surface area contributed by atoms with E-state index < -0.39 is 0 Å². The van der Waals surface area contributed by atoms with E-state index in [4.69, 9.17) is 0 Å². The average molecular weight is 227 g/mol. The van der Waals surface area contributed by atoms with E-state index in [0.717, 1.165) is 9.65 Å². The van der Waals surface area contributed by atoms with Crippen LogP contribution >= 0.6 is 0 Å². The maximum atomic E-state index is 10.4. The van der Waals surface area contributed by atoms with E-state index in [2.05, 4.69) is 3.98 Å². The molecule has 4 nitrogen and oxygen atoms in total. The van der Waals surface area contributed by atoms with Crippen LogP contribution in [0.1, 0.15) is 0 Å². The second-order valence-corrected chi connectivity index (χ2v) is 4.05. The quantitative estimate of drug-likeness (QED) is 0.418. The van der Waals surface area contributed by atoms with Crippen LogP contribution < -0.4 is 0 Å². The number of non-ortho nitro benzene ring substituents is 1.